The van der Waals surface area contributed by atoms with Crippen LogP contribution < -0.4 is 5.32 Å². The van der Waals surface area contributed by atoms with E-state index in [9.17, 15) is 9.90 Å². The van der Waals surface area contributed by atoms with Crippen LogP contribution in [-0.2, 0) is 7.05 Å². The average Bonchev–Trinajstić information content (AvgIpc) is 2.66. The molecule has 0 radical (unpaired) electrons. The molecule has 1 aromatic heterocycles. The third kappa shape index (κ3) is 4.47. The summed E-state index contributed by atoms with van der Waals surface area (Å²) in [5.74, 6) is 0. The summed E-state index contributed by atoms with van der Waals surface area (Å²) in [5, 5.41) is 17.4. The first-order valence-electron chi connectivity index (χ1n) is 7.88. The minimum absolute atomic E-state index is 0.0722. The van der Waals surface area contributed by atoms with Crippen molar-refractivity contribution < 1.29 is 9.90 Å². The van der Waals surface area contributed by atoms with E-state index in [1.807, 2.05) is 39.4 Å². The van der Waals surface area contributed by atoms with Gasteiger partial charge in [0.25, 0.3) is 0 Å². The van der Waals surface area contributed by atoms with Gasteiger partial charge < -0.3 is 15.3 Å². The van der Waals surface area contributed by atoms with Gasteiger partial charge in [-0.05, 0) is 41.0 Å². The van der Waals surface area contributed by atoms with Crippen LogP contribution in [0.5, 0.6) is 0 Å². The minimum atomic E-state index is -0.908. The summed E-state index contributed by atoms with van der Waals surface area (Å²) in [6.45, 7) is 12.2. The Kier molecular flexibility index (Phi) is 6.00. The SMILES string of the molecule is CCC(NC(=O)N(CC)CC(C)(C)O)c1c(C)nn(C)c1C. The van der Waals surface area contributed by atoms with Gasteiger partial charge in [0.05, 0.1) is 23.9 Å². The Morgan fingerprint density at radius 1 is 1.41 bits per heavy atom. The zero-order valence-electron chi connectivity index (χ0n) is 14.9. The summed E-state index contributed by atoms with van der Waals surface area (Å²) in [7, 11) is 1.91. The maximum atomic E-state index is 12.5. The van der Waals surface area contributed by atoms with Crippen molar-refractivity contribution in [1.29, 1.82) is 0 Å². The molecule has 0 saturated heterocycles. The van der Waals surface area contributed by atoms with Crippen molar-refractivity contribution in [1.82, 2.24) is 20.0 Å². The lowest BCUT2D eigenvalue weighted by molar-refractivity contribution is 0.0475. The van der Waals surface area contributed by atoms with Gasteiger partial charge in [-0.15, -0.1) is 0 Å². The molecule has 0 aliphatic rings. The van der Waals surface area contributed by atoms with E-state index >= 15 is 0 Å². The van der Waals surface area contributed by atoms with Crippen LogP contribution in [0.3, 0.4) is 0 Å². The van der Waals surface area contributed by atoms with Gasteiger partial charge in [-0.2, -0.15) is 5.10 Å². The fraction of sp³-hybridized carbons (Fsp3) is 0.750. The quantitative estimate of drug-likeness (QED) is 0.847. The highest BCUT2D eigenvalue weighted by Crippen LogP contribution is 2.24. The van der Waals surface area contributed by atoms with Gasteiger partial charge in [0, 0.05) is 24.8 Å². The maximum absolute atomic E-state index is 12.5. The Bertz CT molecular complexity index is 517. The summed E-state index contributed by atoms with van der Waals surface area (Å²) in [6.07, 6.45) is 0.791. The number of aliphatic hydroxyl groups is 1. The summed E-state index contributed by atoms with van der Waals surface area (Å²) < 4.78 is 1.84. The first-order valence-corrected chi connectivity index (χ1v) is 7.88. The first-order chi connectivity index (χ1) is 10.1. The number of amides is 2. The van der Waals surface area contributed by atoms with Crippen LogP contribution in [-0.4, -0.2) is 44.5 Å². The molecule has 6 nitrogen and oxygen atoms in total. The number of aromatic nitrogens is 2. The molecule has 1 heterocycles. The summed E-state index contributed by atoms with van der Waals surface area (Å²) in [5.41, 5.74) is 2.18. The number of urea groups is 1. The van der Waals surface area contributed by atoms with Crippen molar-refractivity contribution in [2.75, 3.05) is 13.1 Å². The molecular weight excluding hydrogens is 280 g/mol. The first kappa shape index (κ1) is 18.5. The van der Waals surface area contributed by atoms with Gasteiger partial charge in [-0.3, -0.25) is 4.68 Å². The fourth-order valence-corrected chi connectivity index (χ4v) is 2.71. The fourth-order valence-electron chi connectivity index (χ4n) is 2.71. The number of nitrogens with one attached hydrogen (secondary N) is 1. The molecule has 0 spiro atoms. The molecule has 2 amide bonds. The van der Waals surface area contributed by atoms with E-state index in [2.05, 4.69) is 10.4 Å². The largest absolute Gasteiger partial charge is 0.389 e. The zero-order valence-corrected chi connectivity index (χ0v) is 14.9. The highest BCUT2D eigenvalue weighted by molar-refractivity contribution is 5.75. The van der Waals surface area contributed by atoms with Gasteiger partial charge in [0.2, 0.25) is 0 Å². The van der Waals surface area contributed by atoms with Crippen molar-refractivity contribution >= 4 is 6.03 Å². The Labute approximate surface area is 133 Å². The summed E-state index contributed by atoms with van der Waals surface area (Å²) in [6, 6.07) is -0.226. The third-order valence-corrected chi connectivity index (χ3v) is 3.87. The van der Waals surface area contributed by atoms with E-state index in [-0.39, 0.29) is 12.1 Å². The van der Waals surface area contributed by atoms with Gasteiger partial charge in [0.1, 0.15) is 0 Å². The van der Waals surface area contributed by atoms with Crippen LogP contribution in [0.15, 0.2) is 0 Å². The number of hydrogen-bond donors (Lipinski definition) is 2. The molecular formula is C16H30N4O2. The second-order valence-corrected chi connectivity index (χ2v) is 6.45. The smallest absolute Gasteiger partial charge is 0.317 e. The predicted octanol–water partition coefficient (Wildman–Crippen LogP) is 2.29. The topological polar surface area (TPSA) is 70.4 Å². The summed E-state index contributed by atoms with van der Waals surface area (Å²) >= 11 is 0. The lowest BCUT2D eigenvalue weighted by Crippen LogP contribution is -2.47. The number of carbonyl (C=O) groups is 1. The van der Waals surface area contributed by atoms with Crippen LogP contribution in [0.4, 0.5) is 4.79 Å². The van der Waals surface area contributed by atoms with Gasteiger partial charge in [-0.25, -0.2) is 4.79 Å². The lowest BCUT2D eigenvalue weighted by atomic mass is 10.0. The van der Waals surface area contributed by atoms with E-state index in [1.165, 1.54) is 0 Å². The molecule has 126 valence electrons. The molecule has 1 rings (SSSR count). The molecule has 0 fully saturated rings. The predicted molar refractivity (Wildman–Crippen MR) is 87.8 cm³/mol. The molecule has 2 N–H and O–H groups in total. The van der Waals surface area contributed by atoms with E-state index < -0.39 is 5.60 Å². The number of carbonyl (C=O) groups excluding carboxylic acids is 1. The second kappa shape index (κ2) is 7.13. The van der Waals surface area contributed by atoms with E-state index in [0.29, 0.717) is 13.1 Å². The number of hydrogen-bond acceptors (Lipinski definition) is 3. The Balaban J connectivity index is 2.91. The molecule has 22 heavy (non-hydrogen) atoms. The van der Waals surface area contributed by atoms with Crippen LogP contribution in [0.2, 0.25) is 0 Å². The number of likely N-dealkylation sites (N-methyl/N-ethyl adjacent to an activating group) is 1. The highest BCUT2D eigenvalue weighted by Gasteiger charge is 2.25. The molecule has 0 aliphatic carbocycles. The molecule has 0 saturated carbocycles. The molecule has 1 atom stereocenters. The standard InChI is InChI=1S/C16H30N4O2/c1-8-13(14-11(3)18-19(7)12(14)4)17-15(21)20(9-2)10-16(5,6)22/h13,22H,8-10H2,1-7H3,(H,17,21). The average molecular weight is 310 g/mol. The van der Waals surface area contributed by atoms with E-state index in [4.69, 9.17) is 0 Å². The van der Waals surface area contributed by atoms with Crippen LogP contribution in [0.25, 0.3) is 0 Å². The zero-order chi connectivity index (χ0) is 17.1. The van der Waals surface area contributed by atoms with Crippen molar-refractivity contribution in [2.24, 2.45) is 7.05 Å². The van der Waals surface area contributed by atoms with Gasteiger partial charge >= 0.3 is 6.03 Å². The van der Waals surface area contributed by atoms with Crippen LogP contribution in [0.1, 0.15) is 57.1 Å². The van der Waals surface area contributed by atoms with Crippen LogP contribution in [0, 0.1) is 13.8 Å². The maximum Gasteiger partial charge on any atom is 0.317 e. The van der Waals surface area contributed by atoms with E-state index in [1.54, 1.807) is 18.7 Å². The molecule has 6 heteroatoms. The molecule has 0 bridgehead atoms. The number of nitrogens with zero attached hydrogens (tertiary/aromatic N) is 3. The molecule has 1 aromatic rings. The lowest BCUT2D eigenvalue weighted by Gasteiger charge is -2.30. The second-order valence-electron chi connectivity index (χ2n) is 6.45. The monoisotopic (exact) mass is 310 g/mol. The van der Waals surface area contributed by atoms with Crippen LogP contribution >= 0.6 is 0 Å². The number of rotatable bonds is 6. The Hall–Kier alpha value is -1.56. The molecule has 0 aromatic carbocycles. The van der Waals surface area contributed by atoms with Crippen molar-refractivity contribution in [2.45, 2.75) is 59.6 Å². The van der Waals surface area contributed by atoms with Crippen molar-refractivity contribution in [3.05, 3.63) is 17.0 Å². The molecule has 1 unspecified atom stereocenters. The number of aryl methyl sites for hydroxylation is 2. The highest BCUT2D eigenvalue weighted by atomic mass is 16.3. The normalized spacial score (nSPS) is 13.1. The summed E-state index contributed by atoms with van der Waals surface area (Å²) in [4.78, 5) is 14.1. The van der Waals surface area contributed by atoms with Gasteiger partial charge in [0.15, 0.2) is 0 Å². The third-order valence-electron chi connectivity index (χ3n) is 3.87. The minimum Gasteiger partial charge on any atom is -0.389 e. The Morgan fingerprint density at radius 3 is 2.36 bits per heavy atom. The van der Waals surface area contributed by atoms with Crippen molar-refractivity contribution in [3.8, 4) is 0 Å². The van der Waals surface area contributed by atoms with Gasteiger partial charge in [-0.1, -0.05) is 6.92 Å². The van der Waals surface area contributed by atoms with Crippen molar-refractivity contribution in [3.63, 3.8) is 0 Å². The Morgan fingerprint density at radius 2 is 2.00 bits per heavy atom. The van der Waals surface area contributed by atoms with E-state index in [0.717, 1.165) is 23.4 Å². The molecule has 0 aliphatic heterocycles.